The number of rotatable bonds is 7. The van der Waals surface area contributed by atoms with Crippen LogP contribution in [0, 0.1) is 11.8 Å². The van der Waals surface area contributed by atoms with Gasteiger partial charge in [-0.25, -0.2) is 0 Å². The van der Waals surface area contributed by atoms with E-state index in [-0.39, 0.29) is 11.8 Å². The molecular weight excluding hydrogens is 354 g/mol. The van der Waals surface area contributed by atoms with Gasteiger partial charge in [0.2, 0.25) is 11.0 Å². The average Bonchev–Trinajstić information content (AvgIpc) is 2.62. The van der Waals surface area contributed by atoms with Gasteiger partial charge in [0, 0.05) is 23.7 Å². The maximum atomic E-state index is 13.2. The molecular formula is C20H28ClNO2S. The van der Waals surface area contributed by atoms with Crippen molar-refractivity contribution >= 4 is 40.9 Å². The van der Waals surface area contributed by atoms with Crippen molar-refractivity contribution in [1.29, 1.82) is 0 Å². The van der Waals surface area contributed by atoms with E-state index in [1.807, 2.05) is 29.2 Å². The highest BCUT2D eigenvalue weighted by atomic mass is 35.5. The Bertz CT molecular complexity index is 599. The normalized spacial score (nSPS) is 16.7. The van der Waals surface area contributed by atoms with Crippen molar-refractivity contribution in [3.8, 4) is 0 Å². The molecule has 3 nitrogen and oxygen atoms in total. The van der Waals surface area contributed by atoms with E-state index in [4.69, 9.17) is 11.6 Å². The van der Waals surface area contributed by atoms with E-state index in [0.717, 1.165) is 37.8 Å². The van der Waals surface area contributed by atoms with Crippen molar-refractivity contribution in [3.05, 3.63) is 29.8 Å². The predicted molar refractivity (Wildman–Crippen MR) is 107 cm³/mol. The summed E-state index contributed by atoms with van der Waals surface area (Å²) in [6.07, 6.45) is 6.26. The van der Waals surface area contributed by atoms with Crippen molar-refractivity contribution in [3.63, 3.8) is 0 Å². The van der Waals surface area contributed by atoms with Crippen LogP contribution in [0.1, 0.15) is 63.3 Å². The molecule has 0 N–H and O–H groups in total. The van der Waals surface area contributed by atoms with Gasteiger partial charge in [0.25, 0.3) is 0 Å². The van der Waals surface area contributed by atoms with E-state index < -0.39 is 10.5 Å². The highest BCUT2D eigenvalue weighted by Crippen LogP contribution is 2.35. The molecule has 1 atom stereocenters. The number of nitrogens with zero attached hydrogens (tertiary/aromatic N) is 1. The molecule has 0 heterocycles. The number of thiol groups is 1. The van der Waals surface area contributed by atoms with Crippen LogP contribution >= 0.6 is 24.2 Å². The van der Waals surface area contributed by atoms with Crippen LogP contribution in [0.25, 0.3) is 0 Å². The molecule has 2 rings (SSSR count). The Morgan fingerprint density at radius 1 is 1.20 bits per heavy atom. The molecule has 138 valence electrons. The first-order chi connectivity index (χ1) is 11.9. The number of para-hydroxylation sites is 1. The Morgan fingerprint density at radius 3 is 2.44 bits per heavy atom. The molecule has 25 heavy (non-hydrogen) atoms. The molecule has 1 aromatic carbocycles. The minimum Gasteiger partial charge on any atom is -0.312 e. The molecule has 1 fully saturated rings. The van der Waals surface area contributed by atoms with E-state index >= 15 is 0 Å². The second-order valence-electron chi connectivity index (χ2n) is 7.27. The van der Waals surface area contributed by atoms with Crippen molar-refractivity contribution < 1.29 is 9.59 Å². The number of anilines is 1. The fraction of sp³-hybridized carbons (Fsp3) is 0.600. The van der Waals surface area contributed by atoms with Gasteiger partial charge in [0.1, 0.15) is 5.38 Å². The standard InChI is InChI=1S/C20H28ClNO2S/c1-14(2)12-13-22(19(23)15-8-4-3-5-9-15)17-11-7-6-10-16(17)18(21)20(24)25/h6-7,10-11,14-15,18H,3-5,8-9,12-13H2,1-2H3,(H,24,25)/t18-/m0/s1. The molecule has 1 amide bonds. The van der Waals surface area contributed by atoms with Crippen molar-refractivity contribution in [2.45, 2.75) is 57.7 Å². The zero-order valence-corrected chi connectivity index (χ0v) is 16.7. The van der Waals surface area contributed by atoms with Crippen molar-refractivity contribution in [2.24, 2.45) is 11.8 Å². The third kappa shape index (κ3) is 5.49. The van der Waals surface area contributed by atoms with Gasteiger partial charge < -0.3 is 4.90 Å². The molecule has 5 heteroatoms. The summed E-state index contributed by atoms with van der Waals surface area (Å²) in [5.74, 6) is 0.741. The summed E-state index contributed by atoms with van der Waals surface area (Å²) in [5, 5.41) is -1.25. The number of halogens is 1. The summed E-state index contributed by atoms with van der Waals surface area (Å²) < 4.78 is 0. The van der Waals surface area contributed by atoms with E-state index in [1.54, 1.807) is 0 Å². The molecule has 0 aromatic heterocycles. The summed E-state index contributed by atoms with van der Waals surface area (Å²) in [7, 11) is 0. The lowest BCUT2D eigenvalue weighted by atomic mass is 9.88. The maximum Gasteiger partial charge on any atom is 0.230 e. The first kappa shape index (κ1) is 20.3. The number of hydrogen-bond donors (Lipinski definition) is 1. The lowest BCUT2D eigenvalue weighted by Gasteiger charge is -2.31. The highest BCUT2D eigenvalue weighted by Gasteiger charge is 2.29. The van der Waals surface area contributed by atoms with Crippen LogP contribution in [0.5, 0.6) is 0 Å². The van der Waals surface area contributed by atoms with E-state index in [9.17, 15) is 9.59 Å². The topological polar surface area (TPSA) is 37.4 Å². The van der Waals surface area contributed by atoms with E-state index in [1.165, 1.54) is 6.42 Å². The maximum absolute atomic E-state index is 13.2. The number of amides is 1. The first-order valence-electron chi connectivity index (χ1n) is 9.19. The number of carbonyl (C=O) groups is 2. The van der Waals surface area contributed by atoms with Crippen LogP contribution in [0.15, 0.2) is 24.3 Å². The Balaban J connectivity index is 2.34. The molecule has 0 bridgehead atoms. The van der Waals surface area contributed by atoms with Gasteiger partial charge in [-0.2, -0.15) is 0 Å². The van der Waals surface area contributed by atoms with Crippen LogP contribution in [0.2, 0.25) is 0 Å². The molecule has 0 aliphatic heterocycles. The van der Waals surface area contributed by atoms with E-state index in [0.29, 0.717) is 18.0 Å². The van der Waals surface area contributed by atoms with Crippen LogP contribution in [0.4, 0.5) is 5.69 Å². The van der Waals surface area contributed by atoms with Gasteiger partial charge in [-0.1, -0.05) is 51.3 Å². The van der Waals surface area contributed by atoms with Gasteiger partial charge in [-0.3, -0.25) is 9.59 Å². The number of alkyl halides is 1. The second kappa shape index (κ2) is 9.63. The molecule has 1 aliphatic rings. The monoisotopic (exact) mass is 381 g/mol. The Morgan fingerprint density at radius 2 is 1.84 bits per heavy atom. The molecule has 0 spiro atoms. The predicted octanol–water partition coefficient (Wildman–Crippen LogP) is 5.38. The average molecular weight is 382 g/mol. The van der Waals surface area contributed by atoms with Crippen molar-refractivity contribution in [1.82, 2.24) is 0 Å². The molecule has 1 aromatic rings. The summed E-state index contributed by atoms with van der Waals surface area (Å²) >= 11 is 10.2. The van der Waals surface area contributed by atoms with Crippen LogP contribution in [0.3, 0.4) is 0 Å². The fourth-order valence-electron chi connectivity index (χ4n) is 3.39. The summed E-state index contributed by atoms with van der Waals surface area (Å²) in [5.41, 5.74) is 1.42. The van der Waals surface area contributed by atoms with Gasteiger partial charge in [0.15, 0.2) is 0 Å². The number of hydrogen-bond acceptors (Lipinski definition) is 2. The zero-order chi connectivity index (χ0) is 18.4. The van der Waals surface area contributed by atoms with Gasteiger partial charge in [-0.15, -0.1) is 24.2 Å². The Kier molecular flexibility index (Phi) is 7.82. The quantitative estimate of drug-likeness (QED) is 0.508. The summed E-state index contributed by atoms with van der Waals surface area (Å²) in [6.45, 7) is 4.95. The lowest BCUT2D eigenvalue weighted by molar-refractivity contribution is -0.123. The third-order valence-corrected chi connectivity index (χ3v) is 5.71. The van der Waals surface area contributed by atoms with Gasteiger partial charge in [0.05, 0.1) is 0 Å². The van der Waals surface area contributed by atoms with E-state index in [2.05, 4.69) is 26.5 Å². The largest absolute Gasteiger partial charge is 0.312 e. The first-order valence-corrected chi connectivity index (χ1v) is 10.1. The molecule has 1 aliphatic carbocycles. The molecule has 0 saturated heterocycles. The second-order valence-corrected chi connectivity index (χ2v) is 8.14. The summed E-state index contributed by atoms with van der Waals surface area (Å²) in [4.78, 5) is 26.8. The smallest absolute Gasteiger partial charge is 0.230 e. The van der Waals surface area contributed by atoms with Crippen molar-refractivity contribution in [2.75, 3.05) is 11.4 Å². The minimum absolute atomic E-state index is 0.0782. The highest BCUT2D eigenvalue weighted by molar-refractivity contribution is 7.96. The third-order valence-electron chi connectivity index (χ3n) is 4.87. The number of carbonyl (C=O) groups excluding carboxylic acids is 2. The fourth-order valence-corrected chi connectivity index (χ4v) is 3.71. The SMILES string of the molecule is CC(C)CCN(C(=O)C1CCCCC1)c1ccccc1[C@H](Cl)C(=O)S. The zero-order valence-electron chi connectivity index (χ0n) is 15.1. The Hall–Kier alpha value is -1.000. The van der Waals surface area contributed by atoms with Crippen LogP contribution < -0.4 is 4.90 Å². The van der Waals surface area contributed by atoms with Crippen LogP contribution in [-0.4, -0.2) is 17.6 Å². The van der Waals surface area contributed by atoms with Crippen LogP contribution in [-0.2, 0) is 9.59 Å². The minimum atomic E-state index is -0.847. The summed E-state index contributed by atoms with van der Waals surface area (Å²) in [6, 6.07) is 7.44. The number of benzene rings is 1. The molecule has 0 unspecified atom stereocenters. The molecule has 1 saturated carbocycles. The van der Waals surface area contributed by atoms with Gasteiger partial charge in [-0.05, 0) is 31.2 Å². The molecule has 0 radical (unpaired) electrons. The lowest BCUT2D eigenvalue weighted by Crippen LogP contribution is -2.39. The van der Waals surface area contributed by atoms with Gasteiger partial charge >= 0.3 is 0 Å². The Labute approximate surface area is 161 Å².